The van der Waals surface area contributed by atoms with Crippen LogP contribution in [-0.4, -0.2) is 23.9 Å². The van der Waals surface area contributed by atoms with Crippen LogP contribution in [0.2, 0.25) is 0 Å². The van der Waals surface area contributed by atoms with Crippen LogP contribution in [0, 0.1) is 0 Å². The Labute approximate surface area is 136 Å². The van der Waals surface area contributed by atoms with Gasteiger partial charge in [-0.2, -0.15) is 11.8 Å². The molecule has 0 bridgehead atoms. The van der Waals surface area contributed by atoms with Crippen molar-refractivity contribution in [3.8, 4) is 16.9 Å². The first-order valence-corrected chi connectivity index (χ1v) is 8.54. The molecular weight excluding hydrogens is 292 g/mol. The van der Waals surface area contributed by atoms with E-state index in [9.17, 15) is 4.79 Å². The van der Waals surface area contributed by atoms with Crippen LogP contribution in [0.25, 0.3) is 11.1 Å². The van der Waals surface area contributed by atoms with Gasteiger partial charge in [0.1, 0.15) is 5.75 Å². The lowest BCUT2D eigenvalue weighted by Gasteiger charge is -2.06. The first-order chi connectivity index (χ1) is 10.6. The minimum Gasteiger partial charge on any atom is -0.497 e. The standard InChI is InChI=1S/C19H22O2S/c1-14(2)22-13-12-19(20)17-6-4-15(5-7-17)16-8-10-18(21-3)11-9-16/h4-11,14H,12-13H2,1-3H3. The van der Waals surface area contributed by atoms with Crippen molar-refractivity contribution in [3.63, 3.8) is 0 Å². The van der Waals surface area contributed by atoms with E-state index in [1.165, 1.54) is 0 Å². The van der Waals surface area contributed by atoms with Gasteiger partial charge in [0.15, 0.2) is 5.78 Å². The summed E-state index contributed by atoms with van der Waals surface area (Å²) in [4.78, 5) is 12.1. The molecule has 116 valence electrons. The first kappa shape index (κ1) is 16.6. The third-order valence-electron chi connectivity index (χ3n) is 3.41. The molecule has 2 nitrogen and oxygen atoms in total. The fraction of sp³-hybridized carbons (Fsp3) is 0.316. The van der Waals surface area contributed by atoms with Crippen molar-refractivity contribution >= 4 is 17.5 Å². The molecule has 22 heavy (non-hydrogen) atoms. The molecule has 0 radical (unpaired) electrons. The lowest BCUT2D eigenvalue weighted by Crippen LogP contribution is -2.02. The van der Waals surface area contributed by atoms with Gasteiger partial charge in [-0.05, 0) is 28.5 Å². The van der Waals surface area contributed by atoms with Crippen molar-refractivity contribution in [2.75, 3.05) is 12.9 Å². The van der Waals surface area contributed by atoms with Crippen molar-refractivity contribution in [3.05, 3.63) is 54.1 Å². The van der Waals surface area contributed by atoms with Crippen LogP contribution >= 0.6 is 11.8 Å². The summed E-state index contributed by atoms with van der Waals surface area (Å²) in [5.41, 5.74) is 3.02. The average molecular weight is 314 g/mol. The van der Waals surface area contributed by atoms with Gasteiger partial charge in [0, 0.05) is 17.7 Å². The van der Waals surface area contributed by atoms with E-state index in [0.717, 1.165) is 28.2 Å². The SMILES string of the molecule is COc1ccc(-c2ccc(C(=O)CCSC(C)C)cc2)cc1. The second-order valence-corrected chi connectivity index (χ2v) is 7.08. The Morgan fingerprint density at radius 1 is 1.00 bits per heavy atom. The minimum absolute atomic E-state index is 0.217. The zero-order valence-electron chi connectivity index (χ0n) is 13.3. The minimum atomic E-state index is 0.217. The number of rotatable bonds is 7. The molecule has 0 aromatic heterocycles. The maximum Gasteiger partial charge on any atom is 0.163 e. The second kappa shape index (κ2) is 8.04. The predicted molar refractivity (Wildman–Crippen MR) is 95.0 cm³/mol. The van der Waals surface area contributed by atoms with Gasteiger partial charge >= 0.3 is 0 Å². The smallest absolute Gasteiger partial charge is 0.163 e. The molecule has 0 amide bonds. The Hall–Kier alpha value is -1.74. The Bertz CT molecular complexity index is 600. The molecule has 0 aliphatic heterocycles. The zero-order valence-corrected chi connectivity index (χ0v) is 14.2. The van der Waals surface area contributed by atoms with Crippen molar-refractivity contribution in [1.82, 2.24) is 0 Å². The summed E-state index contributed by atoms with van der Waals surface area (Å²) < 4.78 is 5.16. The van der Waals surface area contributed by atoms with Crippen LogP contribution in [0.5, 0.6) is 5.75 Å². The fourth-order valence-electron chi connectivity index (χ4n) is 2.16. The molecule has 2 aromatic rings. The van der Waals surface area contributed by atoms with E-state index in [4.69, 9.17) is 4.74 Å². The number of hydrogen-bond donors (Lipinski definition) is 0. The molecule has 3 heteroatoms. The molecule has 0 aliphatic rings. The molecule has 0 aliphatic carbocycles. The van der Waals surface area contributed by atoms with Gasteiger partial charge in [-0.25, -0.2) is 0 Å². The predicted octanol–water partition coefficient (Wildman–Crippen LogP) is 5.08. The monoisotopic (exact) mass is 314 g/mol. The van der Waals surface area contributed by atoms with Crippen LogP contribution in [0.3, 0.4) is 0 Å². The van der Waals surface area contributed by atoms with Gasteiger partial charge in [0.25, 0.3) is 0 Å². The molecule has 0 saturated carbocycles. The quantitative estimate of drug-likeness (QED) is 0.667. The third kappa shape index (κ3) is 4.63. The van der Waals surface area contributed by atoms with Crippen molar-refractivity contribution in [1.29, 1.82) is 0 Å². The fourth-order valence-corrected chi connectivity index (χ4v) is 2.94. The highest BCUT2D eigenvalue weighted by Crippen LogP contribution is 2.23. The van der Waals surface area contributed by atoms with Gasteiger partial charge in [0.05, 0.1) is 7.11 Å². The normalized spacial score (nSPS) is 10.7. The van der Waals surface area contributed by atoms with E-state index in [1.54, 1.807) is 7.11 Å². The number of carbonyl (C=O) groups excluding carboxylic acids is 1. The molecule has 0 atom stereocenters. The van der Waals surface area contributed by atoms with Crippen molar-refractivity contribution in [2.45, 2.75) is 25.5 Å². The molecule has 0 N–H and O–H groups in total. The highest BCUT2D eigenvalue weighted by molar-refractivity contribution is 7.99. The van der Waals surface area contributed by atoms with E-state index in [1.807, 2.05) is 60.3 Å². The second-order valence-electron chi connectivity index (χ2n) is 5.40. The largest absolute Gasteiger partial charge is 0.497 e. The summed E-state index contributed by atoms with van der Waals surface area (Å²) in [6.45, 7) is 4.30. The summed E-state index contributed by atoms with van der Waals surface area (Å²) in [7, 11) is 1.66. The molecule has 0 heterocycles. The number of methoxy groups -OCH3 is 1. The number of thioether (sulfide) groups is 1. The summed E-state index contributed by atoms with van der Waals surface area (Å²) >= 11 is 1.83. The Morgan fingerprint density at radius 3 is 2.05 bits per heavy atom. The third-order valence-corrected chi connectivity index (χ3v) is 4.52. The first-order valence-electron chi connectivity index (χ1n) is 7.49. The molecule has 2 aromatic carbocycles. The molecule has 0 spiro atoms. The lowest BCUT2D eigenvalue weighted by atomic mass is 10.0. The highest BCUT2D eigenvalue weighted by Gasteiger charge is 2.07. The van der Waals surface area contributed by atoms with Gasteiger partial charge < -0.3 is 4.74 Å². The molecular formula is C19H22O2S. The van der Waals surface area contributed by atoms with Crippen molar-refractivity contribution in [2.24, 2.45) is 0 Å². The van der Waals surface area contributed by atoms with Crippen LogP contribution < -0.4 is 4.74 Å². The van der Waals surface area contributed by atoms with Crippen molar-refractivity contribution < 1.29 is 9.53 Å². The molecule has 0 saturated heterocycles. The molecule has 0 fully saturated rings. The van der Waals surface area contributed by atoms with Crippen LogP contribution in [0.4, 0.5) is 0 Å². The average Bonchev–Trinajstić information content (AvgIpc) is 2.54. The zero-order chi connectivity index (χ0) is 15.9. The van der Waals surface area contributed by atoms with Gasteiger partial charge in [-0.3, -0.25) is 4.79 Å². The number of Topliss-reactive ketones (excluding diaryl/α,β-unsaturated/α-hetero) is 1. The lowest BCUT2D eigenvalue weighted by molar-refractivity contribution is 0.0989. The Balaban J connectivity index is 2.01. The van der Waals surface area contributed by atoms with E-state index in [-0.39, 0.29) is 5.78 Å². The maximum atomic E-state index is 12.1. The molecule has 0 unspecified atom stereocenters. The van der Waals surface area contributed by atoms with E-state index < -0.39 is 0 Å². The van der Waals surface area contributed by atoms with Crippen LogP contribution in [0.1, 0.15) is 30.6 Å². The number of benzene rings is 2. The van der Waals surface area contributed by atoms with Crippen LogP contribution in [-0.2, 0) is 0 Å². The topological polar surface area (TPSA) is 26.3 Å². The van der Waals surface area contributed by atoms with Gasteiger partial charge in [0.2, 0.25) is 0 Å². The Kier molecular flexibility index (Phi) is 6.08. The highest BCUT2D eigenvalue weighted by atomic mass is 32.2. The number of ether oxygens (including phenoxy) is 1. The van der Waals surface area contributed by atoms with E-state index in [2.05, 4.69) is 13.8 Å². The number of carbonyl (C=O) groups is 1. The maximum absolute atomic E-state index is 12.1. The summed E-state index contributed by atoms with van der Waals surface area (Å²) in [5, 5.41) is 0.574. The number of hydrogen-bond acceptors (Lipinski definition) is 3. The van der Waals surface area contributed by atoms with E-state index in [0.29, 0.717) is 11.7 Å². The van der Waals surface area contributed by atoms with Crippen LogP contribution in [0.15, 0.2) is 48.5 Å². The number of ketones is 1. The van der Waals surface area contributed by atoms with E-state index >= 15 is 0 Å². The van der Waals surface area contributed by atoms with Gasteiger partial charge in [-0.1, -0.05) is 50.2 Å². The van der Waals surface area contributed by atoms with Gasteiger partial charge in [-0.15, -0.1) is 0 Å². The molecule has 2 rings (SSSR count). The summed E-state index contributed by atoms with van der Waals surface area (Å²) in [6.07, 6.45) is 0.602. The summed E-state index contributed by atoms with van der Waals surface area (Å²) in [6, 6.07) is 15.8. The Morgan fingerprint density at radius 2 is 1.55 bits per heavy atom. The summed E-state index contributed by atoms with van der Waals surface area (Å²) in [5.74, 6) is 1.95.